The Morgan fingerprint density at radius 3 is 2.61 bits per heavy atom. The molecular formula is C19H28N4O5. The van der Waals surface area contributed by atoms with E-state index >= 15 is 0 Å². The minimum Gasteiger partial charge on any atom is -0.366 e. The van der Waals surface area contributed by atoms with E-state index in [4.69, 9.17) is 18.7 Å². The van der Waals surface area contributed by atoms with E-state index in [0.717, 1.165) is 11.4 Å². The Labute approximate surface area is 164 Å². The van der Waals surface area contributed by atoms with Gasteiger partial charge in [0.25, 0.3) is 0 Å². The standard InChI is InChI=1S/C19H28N4O5/c1-12-7-13(28-22-12)8-17(24)20-16-9-14(23(21-16)18(2,3)4)15-10-19(25-5,26-6)11-27-15/h7,9,15H,8,10-11H2,1-6H3,(H,20,21,24). The molecule has 9 heteroatoms. The van der Waals surface area contributed by atoms with Crippen LogP contribution in [0.4, 0.5) is 5.82 Å². The highest BCUT2D eigenvalue weighted by atomic mass is 16.7. The van der Waals surface area contributed by atoms with Crippen LogP contribution in [0, 0.1) is 6.92 Å². The molecule has 1 unspecified atom stereocenters. The smallest absolute Gasteiger partial charge is 0.233 e. The molecule has 1 aliphatic rings. The summed E-state index contributed by atoms with van der Waals surface area (Å²) >= 11 is 0. The van der Waals surface area contributed by atoms with Gasteiger partial charge in [-0.2, -0.15) is 5.10 Å². The van der Waals surface area contributed by atoms with Gasteiger partial charge in [0.15, 0.2) is 11.6 Å². The minimum absolute atomic E-state index is 0.0922. The lowest BCUT2D eigenvalue weighted by molar-refractivity contribution is -0.202. The fourth-order valence-corrected chi connectivity index (χ4v) is 3.25. The first kappa shape index (κ1) is 20.5. The highest BCUT2D eigenvalue weighted by Gasteiger charge is 2.43. The maximum absolute atomic E-state index is 12.4. The summed E-state index contributed by atoms with van der Waals surface area (Å²) in [7, 11) is 3.21. The summed E-state index contributed by atoms with van der Waals surface area (Å²) in [5.41, 5.74) is 1.30. The number of ether oxygens (including phenoxy) is 3. The van der Waals surface area contributed by atoms with Gasteiger partial charge < -0.3 is 24.1 Å². The molecule has 154 valence electrons. The fraction of sp³-hybridized carbons (Fsp3) is 0.632. The van der Waals surface area contributed by atoms with Crippen molar-refractivity contribution in [2.45, 2.75) is 58.0 Å². The Morgan fingerprint density at radius 2 is 2.07 bits per heavy atom. The largest absolute Gasteiger partial charge is 0.366 e. The summed E-state index contributed by atoms with van der Waals surface area (Å²) < 4.78 is 23.9. The number of hydrogen-bond donors (Lipinski definition) is 1. The average molecular weight is 392 g/mol. The van der Waals surface area contributed by atoms with Gasteiger partial charge in [-0.15, -0.1) is 0 Å². The van der Waals surface area contributed by atoms with Gasteiger partial charge in [-0.1, -0.05) is 5.16 Å². The van der Waals surface area contributed by atoms with Crippen LogP contribution in [0.2, 0.25) is 0 Å². The number of nitrogens with one attached hydrogen (secondary N) is 1. The van der Waals surface area contributed by atoms with Crippen LogP contribution < -0.4 is 5.32 Å². The highest BCUT2D eigenvalue weighted by Crippen LogP contribution is 2.39. The first-order valence-electron chi connectivity index (χ1n) is 9.20. The van der Waals surface area contributed by atoms with Crippen LogP contribution in [0.1, 0.15) is 50.4 Å². The molecule has 28 heavy (non-hydrogen) atoms. The first-order valence-corrected chi connectivity index (χ1v) is 9.20. The molecular weight excluding hydrogens is 364 g/mol. The Hall–Kier alpha value is -2.23. The molecule has 1 amide bonds. The van der Waals surface area contributed by atoms with Gasteiger partial charge in [-0.25, -0.2) is 0 Å². The van der Waals surface area contributed by atoms with Crippen LogP contribution in [0.15, 0.2) is 16.7 Å². The Bertz CT molecular complexity index is 832. The molecule has 2 aromatic rings. The zero-order valence-electron chi connectivity index (χ0n) is 17.2. The number of methoxy groups -OCH3 is 2. The summed E-state index contributed by atoms with van der Waals surface area (Å²) in [6.07, 6.45) is 0.371. The molecule has 0 aliphatic carbocycles. The molecule has 0 spiro atoms. The topological polar surface area (TPSA) is 101 Å². The van der Waals surface area contributed by atoms with Crippen molar-refractivity contribution in [1.29, 1.82) is 0 Å². The number of rotatable bonds is 6. The van der Waals surface area contributed by atoms with E-state index in [0.29, 0.717) is 24.6 Å². The second kappa shape index (κ2) is 7.65. The average Bonchev–Trinajstić information content (AvgIpc) is 3.33. The maximum atomic E-state index is 12.4. The molecule has 2 aromatic heterocycles. The van der Waals surface area contributed by atoms with E-state index in [1.54, 1.807) is 20.3 Å². The second-order valence-corrected chi connectivity index (χ2v) is 8.02. The van der Waals surface area contributed by atoms with Crippen molar-refractivity contribution in [3.63, 3.8) is 0 Å². The zero-order valence-corrected chi connectivity index (χ0v) is 17.2. The van der Waals surface area contributed by atoms with Gasteiger partial charge in [0, 0.05) is 32.8 Å². The van der Waals surface area contributed by atoms with Crippen molar-refractivity contribution in [3.05, 3.63) is 29.3 Å². The Balaban J connectivity index is 1.79. The van der Waals surface area contributed by atoms with E-state index in [2.05, 4.69) is 15.6 Å². The van der Waals surface area contributed by atoms with Crippen molar-refractivity contribution in [2.24, 2.45) is 0 Å². The molecule has 1 saturated heterocycles. The van der Waals surface area contributed by atoms with Crippen LogP contribution in [0.25, 0.3) is 0 Å². The molecule has 1 aliphatic heterocycles. The van der Waals surface area contributed by atoms with Crippen molar-refractivity contribution in [1.82, 2.24) is 14.9 Å². The van der Waals surface area contributed by atoms with Gasteiger partial charge >= 0.3 is 0 Å². The summed E-state index contributed by atoms with van der Waals surface area (Å²) in [6, 6.07) is 3.57. The van der Waals surface area contributed by atoms with E-state index < -0.39 is 5.79 Å². The summed E-state index contributed by atoms with van der Waals surface area (Å²) in [4.78, 5) is 12.4. The van der Waals surface area contributed by atoms with Gasteiger partial charge in [0.2, 0.25) is 5.91 Å². The second-order valence-electron chi connectivity index (χ2n) is 8.02. The van der Waals surface area contributed by atoms with Gasteiger partial charge in [0.1, 0.15) is 18.5 Å². The molecule has 0 saturated carbocycles. The number of aromatic nitrogens is 3. The molecule has 1 N–H and O–H groups in total. The third kappa shape index (κ3) is 4.26. The quantitative estimate of drug-likeness (QED) is 0.754. The monoisotopic (exact) mass is 392 g/mol. The Morgan fingerprint density at radius 1 is 1.36 bits per heavy atom. The zero-order chi connectivity index (χ0) is 20.5. The van der Waals surface area contributed by atoms with Crippen molar-refractivity contribution < 1.29 is 23.5 Å². The van der Waals surface area contributed by atoms with E-state index in [-0.39, 0.29) is 24.0 Å². The molecule has 3 heterocycles. The highest BCUT2D eigenvalue weighted by molar-refractivity contribution is 5.91. The van der Waals surface area contributed by atoms with Gasteiger partial charge in [0.05, 0.1) is 23.3 Å². The third-order valence-electron chi connectivity index (χ3n) is 4.73. The lowest BCUT2D eigenvalue weighted by Gasteiger charge is -2.25. The predicted molar refractivity (Wildman–Crippen MR) is 101 cm³/mol. The van der Waals surface area contributed by atoms with Crippen LogP contribution >= 0.6 is 0 Å². The molecule has 9 nitrogen and oxygen atoms in total. The van der Waals surface area contributed by atoms with Crippen LogP contribution in [0.3, 0.4) is 0 Å². The number of anilines is 1. The summed E-state index contributed by atoms with van der Waals surface area (Å²) in [6.45, 7) is 8.26. The van der Waals surface area contributed by atoms with Crippen molar-refractivity contribution in [2.75, 3.05) is 26.1 Å². The predicted octanol–water partition coefficient (Wildman–Crippen LogP) is 2.57. The third-order valence-corrected chi connectivity index (χ3v) is 4.73. The molecule has 0 aromatic carbocycles. The number of amides is 1. The van der Waals surface area contributed by atoms with Crippen LogP contribution in [-0.2, 0) is 31.0 Å². The lowest BCUT2D eigenvalue weighted by atomic mass is 10.1. The molecule has 1 fully saturated rings. The molecule has 0 bridgehead atoms. The minimum atomic E-state index is -0.773. The van der Waals surface area contributed by atoms with E-state index in [9.17, 15) is 4.79 Å². The first-order chi connectivity index (χ1) is 13.2. The normalized spacial score (nSPS) is 19.1. The van der Waals surface area contributed by atoms with Crippen LogP contribution in [-0.4, -0.2) is 47.5 Å². The van der Waals surface area contributed by atoms with Gasteiger partial charge in [-0.3, -0.25) is 9.48 Å². The Kier molecular flexibility index (Phi) is 5.60. The molecule has 0 radical (unpaired) electrons. The molecule has 1 atom stereocenters. The number of carbonyl (C=O) groups excluding carboxylic acids is 1. The van der Waals surface area contributed by atoms with E-state index in [1.807, 2.05) is 38.4 Å². The SMILES string of the molecule is COC1(OC)COC(c2cc(NC(=O)Cc3cc(C)no3)nn2C(C)(C)C)C1. The molecule has 3 rings (SSSR count). The number of hydrogen-bond acceptors (Lipinski definition) is 7. The lowest BCUT2D eigenvalue weighted by Crippen LogP contribution is -2.34. The summed E-state index contributed by atoms with van der Waals surface area (Å²) in [5.74, 6) is -0.0287. The summed E-state index contributed by atoms with van der Waals surface area (Å²) in [5, 5.41) is 11.2. The van der Waals surface area contributed by atoms with Crippen molar-refractivity contribution >= 4 is 11.7 Å². The van der Waals surface area contributed by atoms with Crippen molar-refractivity contribution in [3.8, 4) is 0 Å². The number of nitrogens with zero attached hydrogens (tertiary/aromatic N) is 3. The fourth-order valence-electron chi connectivity index (χ4n) is 3.25. The number of aryl methyl sites for hydroxylation is 1. The van der Waals surface area contributed by atoms with Gasteiger partial charge in [-0.05, 0) is 27.7 Å². The maximum Gasteiger partial charge on any atom is 0.233 e. The number of carbonyl (C=O) groups is 1. The van der Waals surface area contributed by atoms with Crippen LogP contribution in [0.5, 0.6) is 0 Å². The van der Waals surface area contributed by atoms with E-state index in [1.165, 1.54) is 0 Å².